The van der Waals surface area contributed by atoms with Crippen molar-refractivity contribution in [3.8, 4) is 0 Å². The number of nitrogens with one attached hydrogen (secondary N) is 1. The highest BCUT2D eigenvalue weighted by molar-refractivity contribution is 7.22. The van der Waals surface area contributed by atoms with Gasteiger partial charge in [0.15, 0.2) is 5.13 Å². The molecule has 1 aromatic heterocycles. The van der Waals surface area contributed by atoms with Crippen molar-refractivity contribution < 1.29 is 14.6 Å². The summed E-state index contributed by atoms with van der Waals surface area (Å²) in [6.45, 7) is 0.0906. The molecule has 4 N–H and O–H groups in total. The van der Waals surface area contributed by atoms with Crippen LogP contribution in [0.1, 0.15) is 10.4 Å². The molecule has 1 heterocycles. The predicted octanol–water partition coefficient (Wildman–Crippen LogP) is 0.616. The van der Waals surface area contributed by atoms with Crippen molar-refractivity contribution in [1.29, 1.82) is 0 Å². The third kappa shape index (κ3) is 3.19. The van der Waals surface area contributed by atoms with E-state index in [4.69, 9.17) is 15.6 Å². The average Bonchev–Trinajstić information content (AvgIpc) is 2.76. The Bertz CT molecular complexity index is 585. The van der Waals surface area contributed by atoms with E-state index in [1.165, 1.54) is 18.4 Å². The summed E-state index contributed by atoms with van der Waals surface area (Å²) in [7, 11) is 1.51. The monoisotopic (exact) mass is 281 g/mol. The number of thiazole rings is 1. The quantitative estimate of drug-likeness (QED) is 0.746. The van der Waals surface area contributed by atoms with Crippen LogP contribution in [0, 0.1) is 0 Å². The van der Waals surface area contributed by atoms with Gasteiger partial charge in [-0.1, -0.05) is 11.3 Å². The second kappa shape index (κ2) is 5.96. The first-order chi connectivity index (χ1) is 9.13. The minimum atomic E-state index is -0.417. The molecule has 1 amide bonds. The summed E-state index contributed by atoms with van der Waals surface area (Å²) in [4.78, 5) is 16.1. The normalized spacial score (nSPS) is 12.5. The number of carbonyl (C=O) groups is 1. The number of amides is 1. The molecule has 102 valence electrons. The first kappa shape index (κ1) is 13.7. The zero-order chi connectivity index (χ0) is 13.8. The molecule has 0 aliphatic carbocycles. The van der Waals surface area contributed by atoms with Crippen LogP contribution >= 0.6 is 11.3 Å². The van der Waals surface area contributed by atoms with E-state index in [1.807, 2.05) is 0 Å². The number of aliphatic hydroxyl groups excluding tert-OH is 1. The summed E-state index contributed by atoms with van der Waals surface area (Å²) in [5, 5.41) is 12.3. The molecule has 0 aliphatic rings. The van der Waals surface area contributed by atoms with Gasteiger partial charge in [-0.2, -0.15) is 0 Å². The number of ether oxygens (including phenoxy) is 1. The van der Waals surface area contributed by atoms with Gasteiger partial charge < -0.3 is 20.9 Å². The molecule has 6 nitrogen and oxygen atoms in total. The van der Waals surface area contributed by atoms with Crippen molar-refractivity contribution in [3.63, 3.8) is 0 Å². The number of nitrogens with two attached hydrogens (primary N) is 1. The molecule has 2 aromatic rings. The van der Waals surface area contributed by atoms with Gasteiger partial charge in [0.05, 0.1) is 29.5 Å². The number of nitrogen functional groups attached to an aromatic ring is 1. The number of aliphatic hydroxyl groups is 1. The molecule has 7 heteroatoms. The second-order valence-electron chi connectivity index (χ2n) is 4.04. The van der Waals surface area contributed by atoms with Gasteiger partial charge in [-0.15, -0.1) is 0 Å². The number of carbonyl (C=O) groups excluding carboxylic acids is 1. The number of anilines is 1. The molecule has 0 spiro atoms. The minimum Gasteiger partial charge on any atom is -0.394 e. The topological polar surface area (TPSA) is 97.5 Å². The summed E-state index contributed by atoms with van der Waals surface area (Å²) in [5.74, 6) is -0.259. The molecule has 19 heavy (non-hydrogen) atoms. The number of hydrogen-bond donors (Lipinski definition) is 3. The lowest BCUT2D eigenvalue weighted by atomic mass is 10.2. The molecule has 0 radical (unpaired) electrons. The van der Waals surface area contributed by atoms with E-state index in [0.29, 0.717) is 10.7 Å². The Labute approximate surface area is 114 Å². The number of methoxy groups -OCH3 is 1. The smallest absolute Gasteiger partial charge is 0.251 e. The highest BCUT2D eigenvalue weighted by Crippen LogP contribution is 2.24. The van der Waals surface area contributed by atoms with Crippen LogP contribution in [0.3, 0.4) is 0 Å². The number of nitrogens with zero attached hydrogens (tertiary/aromatic N) is 1. The van der Waals surface area contributed by atoms with Gasteiger partial charge in [0.1, 0.15) is 0 Å². The van der Waals surface area contributed by atoms with Gasteiger partial charge in [0, 0.05) is 12.7 Å². The number of fused-ring (bicyclic) bond motifs is 1. The van der Waals surface area contributed by atoms with Crippen LogP contribution in [0.2, 0.25) is 0 Å². The summed E-state index contributed by atoms with van der Waals surface area (Å²) < 4.78 is 5.76. The van der Waals surface area contributed by atoms with Crippen LogP contribution in [-0.2, 0) is 4.74 Å². The Hall–Kier alpha value is -1.70. The van der Waals surface area contributed by atoms with Crippen LogP contribution in [0.25, 0.3) is 10.2 Å². The maximum Gasteiger partial charge on any atom is 0.251 e. The summed E-state index contributed by atoms with van der Waals surface area (Å²) >= 11 is 1.33. The highest BCUT2D eigenvalue weighted by Gasteiger charge is 2.13. The molecule has 0 bridgehead atoms. The fourth-order valence-corrected chi connectivity index (χ4v) is 2.47. The summed E-state index contributed by atoms with van der Waals surface area (Å²) in [6.07, 6.45) is 0. The van der Waals surface area contributed by atoms with Gasteiger partial charge in [-0.3, -0.25) is 4.79 Å². The van der Waals surface area contributed by atoms with E-state index >= 15 is 0 Å². The van der Waals surface area contributed by atoms with Gasteiger partial charge in [-0.05, 0) is 18.2 Å². The van der Waals surface area contributed by atoms with Crippen molar-refractivity contribution in [2.24, 2.45) is 0 Å². The molecule has 0 aliphatic heterocycles. The van der Waals surface area contributed by atoms with Crippen molar-refractivity contribution in [1.82, 2.24) is 10.3 Å². The average molecular weight is 281 g/mol. The molecule has 1 unspecified atom stereocenters. The summed E-state index contributed by atoms with van der Waals surface area (Å²) in [6, 6.07) is 4.75. The Kier molecular flexibility index (Phi) is 4.31. The van der Waals surface area contributed by atoms with E-state index in [2.05, 4.69) is 10.3 Å². The van der Waals surface area contributed by atoms with Crippen molar-refractivity contribution in [2.45, 2.75) is 6.04 Å². The molecule has 0 saturated heterocycles. The van der Waals surface area contributed by atoms with Crippen molar-refractivity contribution in [2.75, 3.05) is 26.1 Å². The van der Waals surface area contributed by atoms with E-state index in [9.17, 15) is 4.79 Å². The Morgan fingerprint density at radius 1 is 1.63 bits per heavy atom. The third-order valence-electron chi connectivity index (χ3n) is 2.59. The largest absolute Gasteiger partial charge is 0.394 e. The van der Waals surface area contributed by atoms with E-state index in [0.717, 1.165) is 10.2 Å². The molecule has 0 saturated carbocycles. The number of hydrogen-bond acceptors (Lipinski definition) is 6. The van der Waals surface area contributed by atoms with E-state index in [-0.39, 0.29) is 19.1 Å². The number of rotatable bonds is 5. The molecular weight excluding hydrogens is 266 g/mol. The van der Waals surface area contributed by atoms with Crippen molar-refractivity contribution in [3.05, 3.63) is 23.8 Å². The number of aromatic nitrogens is 1. The van der Waals surface area contributed by atoms with Gasteiger partial charge >= 0.3 is 0 Å². The van der Waals surface area contributed by atoms with Crippen LogP contribution in [0.5, 0.6) is 0 Å². The maximum atomic E-state index is 12.0. The third-order valence-corrected chi connectivity index (χ3v) is 3.44. The number of benzene rings is 1. The van der Waals surface area contributed by atoms with Crippen LogP contribution in [-0.4, -0.2) is 42.4 Å². The predicted molar refractivity (Wildman–Crippen MR) is 74.2 cm³/mol. The molecule has 1 atom stereocenters. The Morgan fingerprint density at radius 2 is 2.42 bits per heavy atom. The first-order valence-electron chi connectivity index (χ1n) is 5.70. The van der Waals surface area contributed by atoms with Crippen LogP contribution < -0.4 is 11.1 Å². The van der Waals surface area contributed by atoms with Crippen molar-refractivity contribution >= 4 is 32.6 Å². The highest BCUT2D eigenvalue weighted by atomic mass is 32.1. The summed E-state index contributed by atoms with van der Waals surface area (Å²) in [5.41, 5.74) is 6.89. The fourth-order valence-electron chi connectivity index (χ4n) is 1.69. The van der Waals surface area contributed by atoms with E-state index < -0.39 is 6.04 Å². The standard InChI is InChI=1S/C12H15N3O3S/c1-18-6-8(5-16)14-11(17)7-2-3-9-10(4-7)19-12(13)15-9/h2-4,8,16H,5-6H2,1H3,(H2,13,15)(H,14,17). The zero-order valence-corrected chi connectivity index (χ0v) is 11.2. The van der Waals surface area contributed by atoms with Gasteiger partial charge in [0.2, 0.25) is 0 Å². The molecule has 2 rings (SSSR count). The Morgan fingerprint density at radius 3 is 3.11 bits per heavy atom. The van der Waals surface area contributed by atoms with Crippen LogP contribution in [0.15, 0.2) is 18.2 Å². The Balaban J connectivity index is 2.16. The maximum absolute atomic E-state index is 12.0. The molecular formula is C12H15N3O3S. The lowest BCUT2D eigenvalue weighted by Gasteiger charge is -2.15. The SMILES string of the molecule is COCC(CO)NC(=O)c1ccc2nc(N)sc2c1. The minimum absolute atomic E-state index is 0.171. The zero-order valence-electron chi connectivity index (χ0n) is 10.4. The fraction of sp³-hybridized carbons (Fsp3) is 0.333. The lowest BCUT2D eigenvalue weighted by molar-refractivity contribution is 0.0840. The van der Waals surface area contributed by atoms with E-state index in [1.54, 1.807) is 18.2 Å². The molecule has 1 aromatic carbocycles. The first-order valence-corrected chi connectivity index (χ1v) is 6.52. The lowest BCUT2D eigenvalue weighted by Crippen LogP contribution is -2.40. The second-order valence-corrected chi connectivity index (χ2v) is 5.11. The van der Waals surface area contributed by atoms with Gasteiger partial charge in [-0.25, -0.2) is 4.98 Å². The van der Waals surface area contributed by atoms with Gasteiger partial charge in [0.25, 0.3) is 5.91 Å². The van der Waals surface area contributed by atoms with Crippen LogP contribution in [0.4, 0.5) is 5.13 Å². The molecule has 0 fully saturated rings.